The quantitative estimate of drug-likeness (QED) is 0.416. The number of nitrogens with two attached hydrogens (primary N) is 1. The molecule has 0 saturated heterocycles. The molecule has 0 fully saturated rings. The van der Waals surface area contributed by atoms with E-state index in [4.69, 9.17) is 5.73 Å². The van der Waals surface area contributed by atoms with Crippen LogP contribution < -0.4 is 15.1 Å². The van der Waals surface area contributed by atoms with Gasteiger partial charge in [0.05, 0.1) is 0 Å². The molecule has 0 aliphatic heterocycles. The van der Waals surface area contributed by atoms with Crippen LogP contribution in [-0.4, -0.2) is 0 Å². The molecule has 21 heavy (non-hydrogen) atoms. The molecule has 0 aliphatic carbocycles. The van der Waals surface area contributed by atoms with Crippen molar-refractivity contribution in [3.8, 4) is 11.1 Å². The first kappa shape index (κ1) is 14.5. The maximum absolute atomic E-state index is 6.14. The molecule has 0 heterocycles. The molecule has 108 valence electrons. The molecular weight excluding hydrogens is 368 g/mol. The number of rotatable bonds is 4. The Bertz CT molecular complexity index is 728. The number of benzene rings is 3. The molecule has 0 saturated carbocycles. The van der Waals surface area contributed by atoms with Crippen LogP contribution in [0.3, 0.4) is 0 Å². The van der Waals surface area contributed by atoms with Crippen molar-refractivity contribution in [2.45, 2.75) is 0 Å². The molecule has 3 aromatic carbocycles. The number of hydrogen-bond donors (Lipinski definition) is 1. The number of para-hydroxylation sites is 1. The minimum atomic E-state index is 0.555. The third-order valence-electron chi connectivity index (χ3n) is 3.09. The molecule has 1 atom stereocenters. The summed E-state index contributed by atoms with van der Waals surface area (Å²) in [7, 11) is 0. The van der Waals surface area contributed by atoms with Gasteiger partial charge >= 0.3 is 135 Å². The Labute approximate surface area is 135 Å². The minimum absolute atomic E-state index is 0.555. The van der Waals surface area contributed by atoms with Gasteiger partial charge in [-0.25, -0.2) is 0 Å². The van der Waals surface area contributed by atoms with Gasteiger partial charge in [0, 0.05) is 0 Å². The summed E-state index contributed by atoms with van der Waals surface area (Å²) >= 11 is 0.555. The SMILES string of the molecule is Nc1ccccc1-c1cccc[c]1[Pd][PH]c1ccccc1. The normalized spacial score (nSPS) is 11.2. The van der Waals surface area contributed by atoms with Gasteiger partial charge in [0.25, 0.3) is 0 Å². The van der Waals surface area contributed by atoms with Crippen molar-refractivity contribution in [2.24, 2.45) is 0 Å². The summed E-state index contributed by atoms with van der Waals surface area (Å²) in [4.78, 5) is 0. The zero-order valence-electron chi connectivity index (χ0n) is 11.4. The summed E-state index contributed by atoms with van der Waals surface area (Å²) in [6, 6.07) is 27.4. The first-order chi connectivity index (χ1) is 10.3. The van der Waals surface area contributed by atoms with E-state index >= 15 is 0 Å². The Morgan fingerprint density at radius 3 is 2.05 bits per heavy atom. The van der Waals surface area contributed by atoms with Crippen molar-refractivity contribution >= 4 is 21.8 Å². The van der Waals surface area contributed by atoms with Crippen LogP contribution in [0, 0.1) is 0 Å². The Kier molecular flexibility index (Phi) is 4.84. The van der Waals surface area contributed by atoms with Crippen molar-refractivity contribution in [2.75, 3.05) is 5.73 Å². The number of anilines is 1. The van der Waals surface area contributed by atoms with E-state index in [0.717, 1.165) is 18.0 Å². The van der Waals surface area contributed by atoms with Crippen molar-refractivity contribution in [3.63, 3.8) is 0 Å². The molecule has 1 unspecified atom stereocenters. The zero-order valence-corrected chi connectivity index (χ0v) is 14.0. The second kappa shape index (κ2) is 7.01. The monoisotopic (exact) mass is 383 g/mol. The molecule has 3 aromatic rings. The molecule has 3 heteroatoms. The fourth-order valence-corrected chi connectivity index (χ4v) is 6.25. The molecule has 0 amide bonds. The van der Waals surface area contributed by atoms with Gasteiger partial charge in [-0.15, -0.1) is 0 Å². The third kappa shape index (κ3) is 3.60. The summed E-state index contributed by atoms with van der Waals surface area (Å²) in [5.74, 6) is 0. The van der Waals surface area contributed by atoms with Gasteiger partial charge < -0.3 is 0 Å². The van der Waals surface area contributed by atoms with Crippen LogP contribution in [0.4, 0.5) is 5.69 Å². The Morgan fingerprint density at radius 2 is 1.29 bits per heavy atom. The molecular formula is C18H16NPPd. The van der Waals surface area contributed by atoms with Crippen LogP contribution in [0.15, 0.2) is 78.9 Å². The van der Waals surface area contributed by atoms with Gasteiger partial charge in [-0.2, -0.15) is 0 Å². The fourth-order valence-electron chi connectivity index (χ4n) is 2.05. The topological polar surface area (TPSA) is 26.0 Å². The van der Waals surface area contributed by atoms with E-state index in [2.05, 4.69) is 60.7 Å². The van der Waals surface area contributed by atoms with Crippen LogP contribution in [0.2, 0.25) is 0 Å². The predicted octanol–water partition coefficient (Wildman–Crippen LogP) is 3.56. The standard InChI is InChI=1S/C12H10N.C6H6P.Pd/c13-12-9-5-4-8-11(12)10-6-2-1-3-7-10;7-6-4-2-1-3-5-6;/h1-6,8-9H,13H2;1-5,7H;/q;-1;+1. The third-order valence-corrected chi connectivity index (χ3v) is 7.72. The maximum atomic E-state index is 6.14. The molecule has 2 N–H and O–H groups in total. The molecule has 0 aliphatic rings. The average Bonchev–Trinajstić information content (AvgIpc) is 2.55. The van der Waals surface area contributed by atoms with E-state index in [1.807, 2.05) is 18.2 Å². The van der Waals surface area contributed by atoms with Gasteiger partial charge in [-0.3, -0.25) is 0 Å². The molecule has 0 bridgehead atoms. The summed E-state index contributed by atoms with van der Waals surface area (Å²) < 4.78 is 1.41. The van der Waals surface area contributed by atoms with E-state index in [1.54, 1.807) is 0 Å². The molecule has 0 aromatic heterocycles. The molecule has 1 nitrogen and oxygen atoms in total. The van der Waals surface area contributed by atoms with Gasteiger partial charge in [-0.05, 0) is 0 Å². The van der Waals surface area contributed by atoms with Crippen LogP contribution in [0.5, 0.6) is 0 Å². The molecule has 0 spiro atoms. The molecule has 3 rings (SSSR count). The molecule has 0 radical (unpaired) electrons. The van der Waals surface area contributed by atoms with Crippen LogP contribution in [0.1, 0.15) is 0 Å². The van der Waals surface area contributed by atoms with E-state index in [1.165, 1.54) is 14.9 Å². The first-order valence-corrected chi connectivity index (χ1v) is 10.6. The van der Waals surface area contributed by atoms with E-state index in [9.17, 15) is 0 Å². The second-order valence-corrected chi connectivity index (χ2v) is 8.62. The summed E-state index contributed by atoms with van der Waals surface area (Å²) in [5, 5.41) is 1.42. The second-order valence-electron chi connectivity index (χ2n) is 4.56. The zero-order chi connectivity index (χ0) is 14.5. The van der Waals surface area contributed by atoms with Gasteiger partial charge in [0.15, 0.2) is 0 Å². The van der Waals surface area contributed by atoms with Gasteiger partial charge in [-0.1, -0.05) is 0 Å². The van der Waals surface area contributed by atoms with Crippen molar-refractivity contribution in [1.82, 2.24) is 0 Å². The van der Waals surface area contributed by atoms with Gasteiger partial charge in [0.1, 0.15) is 0 Å². The Balaban J connectivity index is 1.88. The van der Waals surface area contributed by atoms with E-state index in [0.29, 0.717) is 17.5 Å². The van der Waals surface area contributed by atoms with Crippen LogP contribution in [-0.2, 0) is 17.5 Å². The van der Waals surface area contributed by atoms with E-state index < -0.39 is 0 Å². The summed E-state index contributed by atoms with van der Waals surface area (Å²) in [5.41, 5.74) is 9.40. The Morgan fingerprint density at radius 1 is 0.667 bits per heavy atom. The average molecular weight is 384 g/mol. The van der Waals surface area contributed by atoms with Crippen molar-refractivity contribution in [1.29, 1.82) is 0 Å². The van der Waals surface area contributed by atoms with Crippen molar-refractivity contribution < 1.29 is 17.5 Å². The summed E-state index contributed by atoms with van der Waals surface area (Å²) in [6.07, 6.45) is 0. The van der Waals surface area contributed by atoms with Crippen molar-refractivity contribution in [3.05, 3.63) is 78.9 Å². The van der Waals surface area contributed by atoms with Gasteiger partial charge in [0.2, 0.25) is 0 Å². The fraction of sp³-hybridized carbons (Fsp3) is 0. The Hall–Kier alpha value is -1.45. The van der Waals surface area contributed by atoms with E-state index in [-0.39, 0.29) is 0 Å². The van der Waals surface area contributed by atoms with Crippen LogP contribution >= 0.6 is 6.77 Å². The number of nitrogen functional groups attached to an aromatic ring is 1. The summed E-state index contributed by atoms with van der Waals surface area (Å²) in [6.45, 7) is 0.829. The first-order valence-electron chi connectivity index (χ1n) is 6.67. The van der Waals surface area contributed by atoms with Crippen LogP contribution in [0.25, 0.3) is 11.1 Å². The number of hydrogen-bond acceptors (Lipinski definition) is 1. The predicted molar refractivity (Wildman–Crippen MR) is 90.3 cm³/mol.